The first-order valence-corrected chi connectivity index (χ1v) is 7.20. The number of carbonyl (C=O) groups excluding carboxylic acids is 1. The van der Waals surface area contributed by atoms with E-state index in [2.05, 4.69) is 4.90 Å². The van der Waals surface area contributed by atoms with Crippen LogP contribution in [0.5, 0.6) is 0 Å². The molecule has 0 bridgehead atoms. The van der Waals surface area contributed by atoms with Crippen molar-refractivity contribution in [3.05, 3.63) is 33.8 Å². The van der Waals surface area contributed by atoms with Crippen LogP contribution in [-0.4, -0.2) is 36.6 Å². The fraction of sp³-hybridized carbons (Fsp3) is 0.500. The van der Waals surface area contributed by atoms with E-state index in [1.54, 1.807) is 18.2 Å². The van der Waals surface area contributed by atoms with Crippen LogP contribution in [0.3, 0.4) is 0 Å². The van der Waals surface area contributed by atoms with Crippen molar-refractivity contribution in [2.24, 2.45) is 0 Å². The van der Waals surface area contributed by atoms with Gasteiger partial charge < -0.3 is 4.74 Å². The molecule has 0 aromatic heterocycles. The van der Waals surface area contributed by atoms with Gasteiger partial charge in [0.1, 0.15) is 6.10 Å². The third-order valence-corrected chi connectivity index (χ3v) is 3.72. The molecule has 0 spiro atoms. The summed E-state index contributed by atoms with van der Waals surface area (Å²) in [5.74, 6) is -0.395. The number of benzene rings is 1. The van der Waals surface area contributed by atoms with E-state index in [4.69, 9.17) is 27.9 Å². The SMILES string of the molecule is C[C@H](CN1CCCC1)OC(=O)c1ccc(Cl)cc1Cl. The number of esters is 1. The van der Waals surface area contributed by atoms with Crippen molar-refractivity contribution in [3.8, 4) is 0 Å². The number of nitrogens with zero attached hydrogens (tertiary/aromatic N) is 1. The molecule has 5 heteroatoms. The summed E-state index contributed by atoms with van der Waals surface area (Å²) in [7, 11) is 0. The van der Waals surface area contributed by atoms with Crippen LogP contribution in [0.25, 0.3) is 0 Å². The quantitative estimate of drug-likeness (QED) is 0.795. The van der Waals surface area contributed by atoms with Gasteiger partial charge in [0, 0.05) is 11.6 Å². The highest BCUT2D eigenvalue weighted by molar-refractivity contribution is 6.36. The molecule has 0 amide bonds. The summed E-state index contributed by atoms with van der Waals surface area (Å²) in [6.07, 6.45) is 2.31. The zero-order chi connectivity index (χ0) is 13.8. The van der Waals surface area contributed by atoms with Gasteiger partial charge in [0.25, 0.3) is 0 Å². The van der Waals surface area contributed by atoms with E-state index in [1.165, 1.54) is 12.8 Å². The molecule has 19 heavy (non-hydrogen) atoms. The van der Waals surface area contributed by atoms with Crippen LogP contribution in [0, 0.1) is 0 Å². The number of likely N-dealkylation sites (tertiary alicyclic amines) is 1. The first-order chi connectivity index (χ1) is 9.06. The molecule has 0 saturated carbocycles. The van der Waals surface area contributed by atoms with Crippen LogP contribution in [-0.2, 0) is 4.74 Å². The highest BCUT2D eigenvalue weighted by atomic mass is 35.5. The van der Waals surface area contributed by atoms with E-state index in [0.717, 1.165) is 19.6 Å². The second kappa shape index (κ2) is 6.60. The van der Waals surface area contributed by atoms with Crippen molar-refractivity contribution in [1.82, 2.24) is 4.90 Å². The Bertz CT molecular complexity index is 459. The molecule has 1 aromatic rings. The number of ether oxygens (including phenoxy) is 1. The zero-order valence-electron chi connectivity index (χ0n) is 10.9. The average molecular weight is 302 g/mol. The Morgan fingerprint density at radius 1 is 1.37 bits per heavy atom. The summed E-state index contributed by atoms with van der Waals surface area (Å²) < 4.78 is 5.41. The van der Waals surface area contributed by atoms with Gasteiger partial charge in [-0.25, -0.2) is 4.79 Å². The van der Waals surface area contributed by atoms with Gasteiger partial charge in [0.15, 0.2) is 0 Å². The van der Waals surface area contributed by atoms with Crippen molar-refractivity contribution < 1.29 is 9.53 Å². The van der Waals surface area contributed by atoms with Gasteiger partial charge in [-0.1, -0.05) is 23.2 Å². The second-order valence-electron chi connectivity index (χ2n) is 4.85. The minimum absolute atomic E-state index is 0.141. The van der Waals surface area contributed by atoms with E-state index >= 15 is 0 Å². The van der Waals surface area contributed by atoms with Crippen molar-refractivity contribution in [1.29, 1.82) is 0 Å². The first-order valence-electron chi connectivity index (χ1n) is 6.44. The Morgan fingerprint density at radius 2 is 2.05 bits per heavy atom. The first kappa shape index (κ1) is 14.6. The van der Waals surface area contributed by atoms with Crippen LogP contribution in [0.2, 0.25) is 10.0 Å². The summed E-state index contributed by atoms with van der Waals surface area (Å²) in [4.78, 5) is 14.3. The third-order valence-electron chi connectivity index (χ3n) is 3.17. The molecular weight excluding hydrogens is 285 g/mol. The molecule has 104 valence electrons. The highest BCUT2D eigenvalue weighted by Gasteiger charge is 2.19. The maximum atomic E-state index is 12.0. The second-order valence-corrected chi connectivity index (χ2v) is 5.69. The Labute approximate surface area is 123 Å². The molecule has 0 aliphatic carbocycles. The van der Waals surface area contributed by atoms with Crippen LogP contribution in [0.1, 0.15) is 30.1 Å². The van der Waals surface area contributed by atoms with Crippen molar-refractivity contribution in [2.75, 3.05) is 19.6 Å². The number of carbonyl (C=O) groups is 1. The van der Waals surface area contributed by atoms with E-state index in [9.17, 15) is 4.79 Å². The van der Waals surface area contributed by atoms with E-state index in [0.29, 0.717) is 15.6 Å². The standard InChI is InChI=1S/C14H17Cl2NO2/c1-10(9-17-6-2-3-7-17)19-14(18)12-5-4-11(15)8-13(12)16/h4-5,8,10H,2-3,6-7,9H2,1H3/t10-/m1/s1. The van der Waals surface area contributed by atoms with Gasteiger partial charge >= 0.3 is 5.97 Å². The van der Waals surface area contributed by atoms with Gasteiger partial charge in [0.05, 0.1) is 10.6 Å². The van der Waals surface area contributed by atoms with Gasteiger partial charge in [-0.2, -0.15) is 0 Å². The van der Waals surface area contributed by atoms with Crippen molar-refractivity contribution in [3.63, 3.8) is 0 Å². The monoisotopic (exact) mass is 301 g/mol. The summed E-state index contributed by atoms with van der Waals surface area (Å²) in [6.45, 7) is 4.85. The van der Waals surface area contributed by atoms with Gasteiger partial charge in [-0.3, -0.25) is 4.90 Å². The molecule has 1 fully saturated rings. The number of hydrogen-bond donors (Lipinski definition) is 0. The molecule has 1 aliphatic heterocycles. The summed E-state index contributed by atoms with van der Waals surface area (Å²) in [5.41, 5.74) is 0.360. The number of rotatable bonds is 4. The summed E-state index contributed by atoms with van der Waals surface area (Å²) in [5, 5.41) is 0.831. The predicted molar refractivity (Wildman–Crippen MR) is 77.0 cm³/mol. The van der Waals surface area contributed by atoms with E-state index in [1.807, 2.05) is 6.92 Å². The molecule has 2 rings (SSSR count). The minimum Gasteiger partial charge on any atom is -0.458 e. The fourth-order valence-electron chi connectivity index (χ4n) is 2.27. The van der Waals surface area contributed by atoms with Crippen molar-refractivity contribution >= 4 is 29.2 Å². The largest absolute Gasteiger partial charge is 0.458 e. The Hall–Kier alpha value is -0.770. The third kappa shape index (κ3) is 4.10. The Morgan fingerprint density at radius 3 is 2.68 bits per heavy atom. The molecule has 0 N–H and O–H groups in total. The van der Waals surface area contributed by atoms with Crippen LogP contribution < -0.4 is 0 Å². The Kier molecular flexibility index (Phi) is 5.08. The molecule has 1 atom stereocenters. The lowest BCUT2D eigenvalue weighted by molar-refractivity contribution is 0.0271. The zero-order valence-corrected chi connectivity index (χ0v) is 12.4. The number of halogens is 2. The topological polar surface area (TPSA) is 29.5 Å². The van der Waals surface area contributed by atoms with Crippen molar-refractivity contribution in [2.45, 2.75) is 25.9 Å². The molecular formula is C14H17Cl2NO2. The molecule has 0 radical (unpaired) electrons. The highest BCUT2D eigenvalue weighted by Crippen LogP contribution is 2.22. The maximum Gasteiger partial charge on any atom is 0.339 e. The minimum atomic E-state index is -0.395. The molecule has 1 heterocycles. The predicted octanol–water partition coefficient (Wildman–Crippen LogP) is 3.63. The fourth-order valence-corrected chi connectivity index (χ4v) is 2.75. The normalized spacial score (nSPS) is 17.4. The van der Waals surface area contributed by atoms with Gasteiger partial charge in [-0.05, 0) is 51.1 Å². The molecule has 0 unspecified atom stereocenters. The Balaban J connectivity index is 1.92. The van der Waals surface area contributed by atoms with Gasteiger partial charge in [0.2, 0.25) is 0 Å². The lowest BCUT2D eigenvalue weighted by Crippen LogP contribution is -2.31. The number of hydrogen-bond acceptors (Lipinski definition) is 3. The summed E-state index contributed by atoms with van der Waals surface area (Å²) in [6, 6.07) is 4.77. The molecule has 1 saturated heterocycles. The van der Waals surface area contributed by atoms with E-state index < -0.39 is 5.97 Å². The molecule has 3 nitrogen and oxygen atoms in total. The molecule has 1 aliphatic rings. The maximum absolute atomic E-state index is 12.0. The van der Waals surface area contributed by atoms with Crippen LogP contribution in [0.4, 0.5) is 0 Å². The molecule has 1 aromatic carbocycles. The van der Waals surface area contributed by atoms with Crippen LogP contribution in [0.15, 0.2) is 18.2 Å². The summed E-state index contributed by atoms with van der Waals surface area (Å²) >= 11 is 11.8. The van der Waals surface area contributed by atoms with E-state index in [-0.39, 0.29) is 6.10 Å². The average Bonchev–Trinajstić information content (AvgIpc) is 2.81. The lowest BCUT2D eigenvalue weighted by Gasteiger charge is -2.20. The smallest absolute Gasteiger partial charge is 0.339 e. The van der Waals surface area contributed by atoms with Crippen LogP contribution >= 0.6 is 23.2 Å². The van der Waals surface area contributed by atoms with Gasteiger partial charge in [-0.15, -0.1) is 0 Å². The lowest BCUT2D eigenvalue weighted by atomic mass is 10.2.